The zero-order valence-electron chi connectivity index (χ0n) is 11.5. The lowest BCUT2D eigenvalue weighted by molar-refractivity contribution is 0.499. The summed E-state index contributed by atoms with van der Waals surface area (Å²) in [4.78, 5) is 0. The van der Waals surface area contributed by atoms with Gasteiger partial charge >= 0.3 is 0 Å². The van der Waals surface area contributed by atoms with E-state index in [4.69, 9.17) is 0 Å². The van der Waals surface area contributed by atoms with Gasteiger partial charge in [0.15, 0.2) is 0 Å². The third kappa shape index (κ3) is 3.83. The third-order valence-electron chi connectivity index (χ3n) is 3.30. The summed E-state index contributed by atoms with van der Waals surface area (Å²) in [6, 6.07) is 15.0. The van der Waals surface area contributed by atoms with Crippen molar-refractivity contribution in [1.82, 2.24) is 10.6 Å². The maximum Gasteiger partial charge on any atom is 0.0211 e. The van der Waals surface area contributed by atoms with Crippen LogP contribution in [0.1, 0.15) is 12.5 Å². The quantitative estimate of drug-likeness (QED) is 0.792. The van der Waals surface area contributed by atoms with Crippen LogP contribution in [0.5, 0.6) is 0 Å². The molecule has 0 fully saturated rings. The molecule has 0 amide bonds. The summed E-state index contributed by atoms with van der Waals surface area (Å²) in [5.74, 6) is 0.591. The normalized spacial score (nSPS) is 12.3. The van der Waals surface area contributed by atoms with Gasteiger partial charge in [0.05, 0.1) is 0 Å². The van der Waals surface area contributed by atoms with Gasteiger partial charge in [-0.25, -0.2) is 0 Å². The van der Waals surface area contributed by atoms with E-state index in [1.54, 1.807) is 6.20 Å². The first kappa shape index (κ1) is 13.6. The highest BCUT2D eigenvalue weighted by Crippen LogP contribution is 2.18. The molecule has 0 saturated carbocycles. The van der Waals surface area contributed by atoms with Crippen molar-refractivity contribution >= 4 is 10.8 Å². The molecule has 2 rings (SSSR count). The van der Waals surface area contributed by atoms with Gasteiger partial charge in [-0.15, -0.1) is 0 Å². The monoisotopic (exact) mass is 254 g/mol. The summed E-state index contributed by atoms with van der Waals surface area (Å²) in [6.45, 7) is 8.78. The van der Waals surface area contributed by atoms with Crippen molar-refractivity contribution < 1.29 is 0 Å². The summed E-state index contributed by atoms with van der Waals surface area (Å²) < 4.78 is 0. The second kappa shape index (κ2) is 6.95. The van der Waals surface area contributed by atoms with Crippen molar-refractivity contribution in [2.24, 2.45) is 5.92 Å². The summed E-state index contributed by atoms with van der Waals surface area (Å²) >= 11 is 0. The van der Waals surface area contributed by atoms with Crippen LogP contribution in [-0.2, 0) is 6.54 Å². The summed E-state index contributed by atoms with van der Waals surface area (Å²) in [5, 5.41) is 9.33. The van der Waals surface area contributed by atoms with Gasteiger partial charge in [-0.1, -0.05) is 56.0 Å². The van der Waals surface area contributed by atoms with Crippen molar-refractivity contribution in [3.05, 3.63) is 60.8 Å². The fraction of sp³-hybridized carbons (Fsp3) is 0.294. The maximum atomic E-state index is 3.66. The van der Waals surface area contributed by atoms with E-state index in [0.717, 1.165) is 19.6 Å². The van der Waals surface area contributed by atoms with E-state index < -0.39 is 0 Å². The molecule has 0 aliphatic heterocycles. The minimum absolute atomic E-state index is 0.591. The van der Waals surface area contributed by atoms with Crippen molar-refractivity contribution in [3.8, 4) is 0 Å². The molecular weight excluding hydrogens is 232 g/mol. The summed E-state index contributed by atoms with van der Waals surface area (Å²) in [7, 11) is 0. The van der Waals surface area contributed by atoms with Gasteiger partial charge in [0, 0.05) is 13.1 Å². The lowest BCUT2D eigenvalue weighted by Gasteiger charge is -2.13. The molecule has 0 aliphatic rings. The van der Waals surface area contributed by atoms with Crippen LogP contribution in [0.2, 0.25) is 0 Å². The number of fused-ring (bicyclic) bond motifs is 1. The van der Waals surface area contributed by atoms with E-state index in [1.807, 2.05) is 0 Å². The van der Waals surface area contributed by atoms with Crippen LogP contribution in [-0.4, -0.2) is 13.1 Å². The Kier molecular flexibility index (Phi) is 4.99. The fourth-order valence-corrected chi connectivity index (χ4v) is 2.26. The van der Waals surface area contributed by atoms with E-state index in [2.05, 4.69) is 66.6 Å². The van der Waals surface area contributed by atoms with Crippen LogP contribution in [0.4, 0.5) is 0 Å². The van der Waals surface area contributed by atoms with E-state index in [0.29, 0.717) is 5.92 Å². The molecule has 19 heavy (non-hydrogen) atoms. The Hall–Kier alpha value is -1.80. The average molecular weight is 254 g/mol. The number of benzene rings is 2. The molecule has 2 heteroatoms. The van der Waals surface area contributed by atoms with Gasteiger partial charge in [-0.05, 0) is 35.0 Å². The first-order valence-corrected chi connectivity index (χ1v) is 6.83. The van der Waals surface area contributed by atoms with Crippen LogP contribution in [0.3, 0.4) is 0 Å². The molecule has 0 bridgehead atoms. The molecule has 2 N–H and O–H groups in total. The van der Waals surface area contributed by atoms with Crippen LogP contribution in [0.25, 0.3) is 10.8 Å². The summed E-state index contributed by atoms with van der Waals surface area (Å²) in [6.07, 6.45) is 1.75. The Balaban J connectivity index is 1.93. The first-order valence-electron chi connectivity index (χ1n) is 6.83. The zero-order valence-corrected chi connectivity index (χ0v) is 11.5. The Bertz CT molecular complexity index is 528. The lowest BCUT2D eigenvalue weighted by atomic mass is 10.0. The van der Waals surface area contributed by atoms with E-state index in [1.165, 1.54) is 16.3 Å². The summed E-state index contributed by atoms with van der Waals surface area (Å²) in [5.41, 5.74) is 1.36. The lowest BCUT2D eigenvalue weighted by Crippen LogP contribution is -2.27. The van der Waals surface area contributed by atoms with Crippen LogP contribution in [0.15, 0.2) is 55.2 Å². The fourth-order valence-electron chi connectivity index (χ4n) is 2.26. The molecule has 0 radical (unpaired) electrons. The highest BCUT2D eigenvalue weighted by atomic mass is 14.9. The van der Waals surface area contributed by atoms with Crippen molar-refractivity contribution in [2.45, 2.75) is 13.5 Å². The molecule has 2 aromatic carbocycles. The molecule has 0 aromatic heterocycles. The van der Waals surface area contributed by atoms with Crippen molar-refractivity contribution in [2.75, 3.05) is 13.1 Å². The highest BCUT2D eigenvalue weighted by Gasteiger charge is 2.02. The van der Waals surface area contributed by atoms with Crippen molar-refractivity contribution in [3.63, 3.8) is 0 Å². The molecule has 1 atom stereocenters. The van der Waals surface area contributed by atoms with E-state index in [9.17, 15) is 0 Å². The van der Waals surface area contributed by atoms with Crippen LogP contribution in [0, 0.1) is 5.92 Å². The second-order valence-electron chi connectivity index (χ2n) is 4.99. The number of hydrogen-bond donors (Lipinski definition) is 2. The Morgan fingerprint density at radius 2 is 1.89 bits per heavy atom. The van der Waals surface area contributed by atoms with Gasteiger partial charge in [-0.2, -0.15) is 0 Å². The van der Waals surface area contributed by atoms with Crippen molar-refractivity contribution in [1.29, 1.82) is 0 Å². The topological polar surface area (TPSA) is 24.1 Å². The number of rotatable bonds is 7. The maximum absolute atomic E-state index is 3.66. The molecule has 2 aromatic rings. The molecule has 2 nitrogen and oxygen atoms in total. The van der Waals surface area contributed by atoms with Crippen LogP contribution >= 0.6 is 0 Å². The van der Waals surface area contributed by atoms with E-state index >= 15 is 0 Å². The predicted molar refractivity (Wildman–Crippen MR) is 83.0 cm³/mol. The molecule has 0 saturated heterocycles. The van der Waals surface area contributed by atoms with Gasteiger partial charge in [-0.3, -0.25) is 0 Å². The third-order valence-corrected chi connectivity index (χ3v) is 3.30. The molecule has 0 spiro atoms. The van der Waals surface area contributed by atoms with Crippen LogP contribution < -0.4 is 10.6 Å². The smallest absolute Gasteiger partial charge is 0.0211 e. The molecule has 100 valence electrons. The molecule has 1 unspecified atom stereocenters. The molecule has 0 heterocycles. The Morgan fingerprint density at radius 1 is 1.11 bits per heavy atom. The largest absolute Gasteiger partial charge is 0.391 e. The molecule has 0 aliphatic carbocycles. The number of hydrogen-bond acceptors (Lipinski definition) is 2. The molecular formula is C17H22N2. The number of nitrogens with one attached hydrogen (secondary N) is 2. The van der Waals surface area contributed by atoms with Gasteiger partial charge in [0.25, 0.3) is 0 Å². The SMILES string of the molecule is C=CNCC(C)CNCc1cccc2ccccc12. The van der Waals surface area contributed by atoms with Gasteiger partial charge in [0.2, 0.25) is 0 Å². The predicted octanol–water partition coefficient (Wildman–Crippen LogP) is 3.30. The standard InChI is InChI=1S/C17H22N2/c1-3-18-11-14(2)12-19-13-16-9-6-8-15-7-4-5-10-17(15)16/h3-10,14,18-19H,1,11-13H2,2H3. The highest BCUT2D eigenvalue weighted by molar-refractivity contribution is 5.85. The van der Waals surface area contributed by atoms with Gasteiger partial charge < -0.3 is 10.6 Å². The van der Waals surface area contributed by atoms with Gasteiger partial charge in [0.1, 0.15) is 0 Å². The average Bonchev–Trinajstić information content (AvgIpc) is 2.45. The zero-order chi connectivity index (χ0) is 13.5. The second-order valence-corrected chi connectivity index (χ2v) is 4.99. The first-order chi connectivity index (χ1) is 9.31. The minimum atomic E-state index is 0.591. The Labute approximate surface area is 115 Å². The minimum Gasteiger partial charge on any atom is -0.391 e. The van der Waals surface area contributed by atoms with E-state index in [-0.39, 0.29) is 0 Å². The Morgan fingerprint density at radius 3 is 2.74 bits per heavy atom.